The summed E-state index contributed by atoms with van der Waals surface area (Å²) in [4.78, 5) is 34.9. The van der Waals surface area contributed by atoms with Crippen LogP contribution in [0, 0.1) is 11.3 Å². The number of nitrogens with zero attached hydrogens (tertiary/aromatic N) is 5. The van der Waals surface area contributed by atoms with Gasteiger partial charge in [0.25, 0.3) is 11.5 Å². The molecule has 5 rings (SSSR count). The highest BCUT2D eigenvalue weighted by Gasteiger charge is 2.26. The van der Waals surface area contributed by atoms with Crippen molar-refractivity contribution in [2.45, 2.75) is 6.54 Å². The van der Waals surface area contributed by atoms with E-state index in [1.54, 1.807) is 51.9 Å². The third-order valence-electron chi connectivity index (χ3n) is 6.00. The van der Waals surface area contributed by atoms with E-state index in [1.807, 2.05) is 4.90 Å². The molecule has 9 nitrogen and oxygen atoms in total. The first-order chi connectivity index (χ1) is 16.6. The van der Waals surface area contributed by atoms with Gasteiger partial charge in [0, 0.05) is 44.4 Å². The van der Waals surface area contributed by atoms with Crippen molar-refractivity contribution in [1.82, 2.24) is 14.5 Å². The van der Waals surface area contributed by atoms with E-state index in [9.17, 15) is 9.59 Å². The van der Waals surface area contributed by atoms with Gasteiger partial charge in [0.15, 0.2) is 11.5 Å². The van der Waals surface area contributed by atoms with Crippen molar-refractivity contribution in [3.05, 3.63) is 70.5 Å². The molecule has 0 radical (unpaired) electrons. The van der Waals surface area contributed by atoms with Crippen molar-refractivity contribution in [1.29, 1.82) is 5.26 Å². The monoisotopic (exact) mass is 457 g/mol. The summed E-state index contributed by atoms with van der Waals surface area (Å²) >= 11 is 0. The summed E-state index contributed by atoms with van der Waals surface area (Å²) in [5.74, 6) is 1.54. The van der Waals surface area contributed by atoms with E-state index < -0.39 is 0 Å². The third kappa shape index (κ3) is 3.83. The minimum Gasteiger partial charge on any atom is -0.486 e. The predicted molar refractivity (Wildman–Crippen MR) is 126 cm³/mol. The van der Waals surface area contributed by atoms with Crippen LogP contribution in [0.15, 0.2) is 53.8 Å². The summed E-state index contributed by atoms with van der Waals surface area (Å²) < 4.78 is 12.9. The minimum atomic E-state index is -0.177. The number of rotatable bonds is 4. The summed E-state index contributed by atoms with van der Waals surface area (Å²) in [6.45, 7) is 6.97. The van der Waals surface area contributed by atoms with Crippen LogP contribution >= 0.6 is 0 Å². The molecule has 2 aliphatic rings. The lowest BCUT2D eigenvalue weighted by Crippen LogP contribution is -2.50. The van der Waals surface area contributed by atoms with Crippen molar-refractivity contribution in [2.75, 3.05) is 44.3 Å². The number of ether oxygens (including phenoxy) is 2. The van der Waals surface area contributed by atoms with Crippen molar-refractivity contribution in [3.8, 4) is 17.6 Å². The van der Waals surface area contributed by atoms with E-state index in [4.69, 9.17) is 19.7 Å². The molecular weight excluding hydrogens is 434 g/mol. The van der Waals surface area contributed by atoms with E-state index in [0.29, 0.717) is 85.4 Å². The number of hydrogen-bond donors (Lipinski definition) is 0. The standard InChI is InChI=1S/C25H23N5O4/c1-2-6-30-24(32)19-14-21-22(34-12-11-33-21)15-20(19)27-25(30)29-9-7-28(8-10-29)23(31)18-5-3-4-17(13-18)16-26/h2-5,13-15H,1,6-12H2. The van der Waals surface area contributed by atoms with Crippen LogP contribution in [-0.2, 0) is 6.54 Å². The number of allylic oxidation sites excluding steroid dienone is 1. The van der Waals surface area contributed by atoms with Gasteiger partial charge in [-0.15, -0.1) is 6.58 Å². The molecule has 0 spiro atoms. The Morgan fingerprint density at radius 3 is 2.56 bits per heavy atom. The Morgan fingerprint density at radius 1 is 1.12 bits per heavy atom. The molecule has 1 aromatic heterocycles. The molecule has 3 heterocycles. The molecule has 2 aliphatic heterocycles. The van der Waals surface area contributed by atoms with Gasteiger partial charge < -0.3 is 19.3 Å². The Balaban J connectivity index is 1.43. The fourth-order valence-corrected chi connectivity index (χ4v) is 4.30. The molecule has 34 heavy (non-hydrogen) atoms. The largest absolute Gasteiger partial charge is 0.486 e. The Hall–Kier alpha value is -4.32. The van der Waals surface area contributed by atoms with Gasteiger partial charge in [0.2, 0.25) is 5.95 Å². The highest BCUT2D eigenvalue weighted by molar-refractivity contribution is 5.94. The molecule has 172 valence electrons. The number of carbonyl (C=O) groups excluding carboxylic acids is 1. The molecule has 0 atom stereocenters. The van der Waals surface area contributed by atoms with E-state index in [-0.39, 0.29) is 11.5 Å². The van der Waals surface area contributed by atoms with Gasteiger partial charge in [0.1, 0.15) is 13.2 Å². The van der Waals surface area contributed by atoms with Crippen LogP contribution in [0.25, 0.3) is 10.9 Å². The van der Waals surface area contributed by atoms with Crippen molar-refractivity contribution < 1.29 is 14.3 Å². The van der Waals surface area contributed by atoms with E-state index in [1.165, 1.54) is 0 Å². The first-order valence-corrected chi connectivity index (χ1v) is 11.1. The highest BCUT2D eigenvalue weighted by atomic mass is 16.6. The zero-order valence-corrected chi connectivity index (χ0v) is 18.6. The Morgan fingerprint density at radius 2 is 1.85 bits per heavy atom. The topological polar surface area (TPSA) is 101 Å². The van der Waals surface area contributed by atoms with Crippen molar-refractivity contribution >= 4 is 22.8 Å². The Labute approximate surface area is 196 Å². The zero-order chi connectivity index (χ0) is 23.7. The van der Waals surface area contributed by atoms with Crippen LogP contribution in [0.1, 0.15) is 15.9 Å². The minimum absolute atomic E-state index is 0.115. The second-order valence-corrected chi connectivity index (χ2v) is 8.10. The highest BCUT2D eigenvalue weighted by Crippen LogP contribution is 2.33. The summed E-state index contributed by atoms with van der Waals surface area (Å²) in [5.41, 5.74) is 1.31. The van der Waals surface area contributed by atoms with Gasteiger partial charge >= 0.3 is 0 Å². The average Bonchev–Trinajstić information content (AvgIpc) is 2.89. The van der Waals surface area contributed by atoms with Crippen LogP contribution < -0.4 is 19.9 Å². The molecule has 0 bridgehead atoms. The number of nitriles is 1. The van der Waals surface area contributed by atoms with E-state index >= 15 is 0 Å². The molecule has 0 aliphatic carbocycles. The van der Waals surface area contributed by atoms with Gasteiger partial charge in [-0.05, 0) is 24.3 Å². The molecule has 0 unspecified atom stereocenters. The number of anilines is 1. The molecule has 1 amide bonds. The van der Waals surface area contributed by atoms with Crippen LogP contribution in [0.3, 0.4) is 0 Å². The van der Waals surface area contributed by atoms with Crippen LogP contribution in [0.5, 0.6) is 11.5 Å². The number of aromatic nitrogens is 2. The Bertz CT molecular complexity index is 1380. The summed E-state index contributed by atoms with van der Waals surface area (Å²) in [6, 6.07) is 12.2. The van der Waals surface area contributed by atoms with E-state index in [2.05, 4.69) is 12.6 Å². The molecule has 0 saturated carbocycles. The van der Waals surface area contributed by atoms with Gasteiger partial charge in [-0.3, -0.25) is 14.2 Å². The lowest BCUT2D eigenvalue weighted by Gasteiger charge is -2.36. The maximum absolute atomic E-state index is 13.3. The normalized spacial score (nSPS) is 15.1. The van der Waals surface area contributed by atoms with Gasteiger partial charge in [0.05, 0.1) is 22.5 Å². The van der Waals surface area contributed by atoms with Crippen molar-refractivity contribution in [2.24, 2.45) is 0 Å². The molecule has 1 saturated heterocycles. The number of piperazine rings is 1. The maximum Gasteiger partial charge on any atom is 0.263 e. The second kappa shape index (κ2) is 8.90. The predicted octanol–water partition coefficient (Wildman–Crippen LogP) is 2.19. The second-order valence-electron chi connectivity index (χ2n) is 8.10. The average molecular weight is 457 g/mol. The SMILES string of the molecule is C=CCn1c(N2CCN(C(=O)c3cccc(C#N)c3)CC2)nc2cc3c(cc2c1=O)OCCO3. The van der Waals surface area contributed by atoms with Crippen LogP contribution in [0.4, 0.5) is 5.95 Å². The summed E-state index contributed by atoms with van der Waals surface area (Å²) in [6.07, 6.45) is 1.67. The molecular formula is C25H23N5O4. The number of fused-ring (bicyclic) bond motifs is 2. The summed E-state index contributed by atoms with van der Waals surface area (Å²) in [7, 11) is 0. The molecule has 3 aromatic rings. The quantitative estimate of drug-likeness (QED) is 0.554. The number of hydrogen-bond acceptors (Lipinski definition) is 7. The first-order valence-electron chi connectivity index (χ1n) is 11.1. The Kier molecular flexibility index (Phi) is 5.64. The maximum atomic E-state index is 13.3. The fourth-order valence-electron chi connectivity index (χ4n) is 4.30. The van der Waals surface area contributed by atoms with Crippen molar-refractivity contribution in [3.63, 3.8) is 0 Å². The van der Waals surface area contributed by atoms with Crippen LogP contribution in [-0.4, -0.2) is 59.8 Å². The fraction of sp³-hybridized carbons (Fsp3) is 0.280. The number of carbonyl (C=O) groups is 1. The number of amides is 1. The molecule has 9 heteroatoms. The molecule has 0 N–H and O–H groups in total. The molecule has 1 fully saturated rings. The first kappa shape index (κ1) is 21.5. The van der Waals surface area contributed by atoms with Gasteiger partial charge in [-0.1, -0.05) is 12.1 Å². The van der Waals surface area contributed by atoms with Gasteiger partial charge in [-0.25, -0.2) is 4.98 Å². The van der Waals surface area contributed by atoms with E-state index in [0.717, 1.165) is 0 Å². The number of benzene rings is 2. The molecule has 2 aromatic carbocycles. The zero-order valence-electron chi connectivity index (χ0n) is 18.6. The summed E-state index contributed by atoms with van der Waals surface area (Å²) in [5, 5.41) is 9.57. The lowest BCUT2D eigenvalue weighted by atomic mass is 10.1. The van der Waals surface area contributed by atoms with Gasteiger partial charge in [-0.2, -0.15) is 5.26 Å². The lowest BCUT2D eigenvalue weighted by molar-refractivity contribution is 0.0746. The van der Waals surface area contributed by atoms with Crippen LogP contribution in [0.2, 0.25) is 0 Å². The third-order valence-corrected chi connectivity index (χ3v) is 6.00. The smallest absolute Gasteiger partial charge is 0.263 e.